The summed E-state index contributed by atoms with van der Waals surface area (Å²) in [5.74, 6) is -0.248. The summed E-state index contributed by atoms with van der Waals surface area (Å²) in [6.07, 6.45) is 2.58. The van der Waals surface area contributed by atoms with Crippen molar-refractivity contribution in [2.75, 3.05) is 29.9 Å². The Kier molecular flexibility index (Phi) is 5.20. The second kappa shape index (κ2) is 6.90. The van der Waals surface area contributed by atoms with E-state index >= 15 is 0 Å². The second-order valence-electron chi connectivity index (χ2n) is 5.42. The number of nitrogens with zero attached hydrogens (tertiary/aromatic N) is 1. The molecule has 4 nitrogen and oxygen atoms in total. The summed E-state index contributed by atoms with van der Waals surface area (Å²) in [5.41, 5.74) is 1.26. The third-order valence-electron chi connectivity index (χ3n) is 3.81. The maximum Gasteiger partial charge on any atom is 0.148 e. The number of rotatable bonds is 5. The van der Waals surface area contributed by atoms with E-state index in [1.165, 1.54) is 12.5 Å². The topological polar surface area (TPSA) is 55.7 Å². The van der Waals surface area contributed by atoms with Gasteiger partial charge >= 0.3 is 0 Å². The lowest BCUT2D eigenvalue weighted by molar-refractivity contribution is 0.105. The van der Waals surface area contributed by atoms with Crippen molar-refractivity contribution in [2.24, 2.45) is 0 Å². The summed E-state index contributed by atoms with van der Waals surface area (Å²) in [4.78, 5) is 2.12. The summed E-state index contributed by atoms with van der Waals surface area (Å²) in [7, 11) is 0. The van der Waals surface area contributed by atoms with Gasteiger partial charge < -0.3 is 20.4 Å². The number of nitrogens with one attached hydrogen (secondary N) is 1. The van der Waals surface area contributed by atoms with E-state index in [0.29, 0.717) is 17.4 Å². The maximum atomic E-state index is 14.2. The third-order valence-corrected chi connectivity index (χ3v) is 3.81. The van der Waals surface area contributed by atoms with Gasteiger partial charge in [0.25, 0.3) is 0 Å². The van der Waals surface area contributed by atoms with Crippen LogP contribution in [0.4, 0.5) is 15.8 Å². The summed E-state index contributed by atoms with van der Waals surface area (Å²) in [6, 6.07) is 5.41. The molecular weight excluding hydrogens is 259 g/mol. The fraction of sp³-hybridized carbons (Fsp3) is 0.600. The van der Waals surface area contributed by atoms with E-state index in [4.69, 9.17) is 5.11 Å². The van der Waals surface area contributed by atoms with Crippen LogP contribution in [0.5, 0.6) is 0 Å². The zero-order valence-electron chi connectivity index (χ0n) is 11.8. The van der Waals surface area contributed by atoms with E-state index in [1.807, 2.05) is 6.07 Å². The van der Waals surface area contributed by atoms with Crippen molar-refractivity contribution in [1.29, 1.82) is 0 Å². The molecule has 1 aliphatic heterocycles. The Morgan fingerprint density at radius 1 is 1.45 bits per heavy atom. The normalized spacial score (nSPS) is 20.8. The molecule has 3 N–H and O–H groups in total. The van der Waals surface area contributed by atoms with Crippen molar-refractivity contribution in [3.05, 3.63) is 24.0 Å². The van der Waals surface area contributed by atoms with E-state index in [0.717, 1.165) is 19.4 Å². The zero-order chi connectivity index (χ0) is 14.5. The van der Waals surface area contributed by atoms with Crippen molar-refractivity contribution < 1.29 is 14.6 Å². The van der Waals surface area contributed by atoms with Gasteiger partial charge in [0, 0.05) is 24.8 Å². The highest BCUT2D eigenvalue weighted by atomic mass is 19.1. The molecule has 1 aromatic carbocycles. The fourth-order valence-corrected chi connectivity index (χ4v) is 2.61. The van der Waals surface area contributed by atoms with Gasteiger partial charge in [0.1, 0.15) is 5.82 Å². The van der Waals surface area contributed by atoms with Gasteiger partial charge in [-0.2, -0.15) is 0 Å². The molecule has 1 fully saturated rings. The molecule has 0 radical (unpaired) electrons. The Labute approximate surface area is 119 Å². The van der Waals surface area contributed by atoms with Crippen LogP contribution in [0.2, 0.25) is 0 Å². The molecule has 2 rings (SSSR count). The predicted octanol–water partition coefficient (Wildman–Crippen LogP) is 1.97. The summed E-state index contributed by atoms with van der Waals surface area (Å²) in [5, 5.41) is 20.9. The molecule has 1 heterocycles. The Hall–Kier alpha value is -1.33. The highest BCUT2D eigenvalue weighted by Crippen LogP contribution is 2.28. The van der Waals surface area contributed by atoms with E-state index in [2.05, 4.69) is 17.1 Å². The molecule has 0 bridgehead atoms. The quantitative estimate of drug-likeness (QED) is 0.773. The lowest BCUT2D eigenvalue weighted by atomic mass is 10.0. The number of piperidine rings is 1. The Bertz CT molecular complexity index is 442. The molecule has 1 aromatic rings. The second-order valence-corrected chi connectivity index (χ2v) is 5.42. The Morgan fingerprint density at radius 2 is 2.25 bits per heavy atom. The standard InChI is InChI=1S/C15H23FN2O2/c1-11-4-2-3-7-18(11)15-6-5-12(8-14(15)16)17-9-13(20)10-19/h5-6,8,11,13,17,19-20H,2-4,7,9-10H2,1H3. The number of aliphatic hydroxyl groups is 2. The van der Waals surface area contributed by atoms with Gasteiger partial charge in [0.15, 0.2) is 0 Å². The van der Waals surface area contributed by atoms with Crippen LogP contribution in [0.3, 0.4) is 0 Å². The number of aliphatic hydroxyl groups excluding tert-OH is 2. The molecule has 2 unspecified atom stereocenters. The third kappa shape index (κ3) is 3.61. The molecule has 0 saturated carbocycles. The van der Waals surface area contributed by atoms with Crippen molar-refractivity contribution in [3.8, 4) is 0 Å². The van der Waals surface area contributed by atoms with Gasteiger partial charge in [-0.05, 0) is 44.4 Å². The van der Waals surface area contributed by atoms with E-state index in [9.17, 15) is 9.50 Å². The SMILES string of the molecule is CC1CCCCN1c1ccc(NCC(O)CO)cc1F. The van der Waals surface area contributed by atoms with Gasteiger partial charge in [0.05, 0.1) is 18.4 Å². The highest BCUT2D eigenvalue weighted by molar-refractivity contribution is 5.57. The van der Waals surface area contributed by atoms with E-state index in [1.54, 1.807) is 6.07 Å². The minimum absolute atomic E-state index is 0.204. The van der Waals surface area contributed by atoms with Crippen LogP contribution < -0.4 is 10.2 Å². The van der Waals surface area contributed by atoms with Gasteiger partial charge in [-0.15, -0.1) is 0 Å². The molecular formula is C15H23FN2O2. The summed E-state index contributed by atoms with van der Waals surface area (Å²) >= 11 is 0. The first-order valence-electron chi connectivity index (χ1n) is 7.21. The Morgan fingerprint density at radius 3 is 2.90 bits per heavy atom. The van der Waals surface area contributed by atoms with E-state index < -0.39 is 6.10 Å². The minimum Gasteiger partial charge on any atom is -0.394 e. The number of anilines is 2. The lowest BCUT2D eigenvalue weighted by Gasteiger charge is -2.35. The first-order chi connectivity index (χ1) is 9.61. The number of benzene rings is 1. The van der Waals surface area contributed by atoms with Gasteiger partial charge in [-0.25, -0.2) is 4.39 Å². The van der Waals surface area contributed by atoms with Crippen LogP contribution in [0.15, 0.2) is 18.2 Å². The van der Waals surface area contributed by atoms with Crippen LogP contribution in [0, 0.1) is 5.82 Å². The molecule has 0 amide bonds. The first-order valence-corrected chi connectivity index (χ1v) is 7.21. The first kappa shape index (κ1) is 15.1. The predicted molar refractivity (Wildman–Crippen MR) is 78.6 cm³/mol. The van der Waals surface area contributed by atoms with Crippen molar-refractivity contribution in [3.63, 3.8) is 0 Å². The largest absolute Gasteiger partial charge is 0.394 e. The Balaban J connectivity index is 2.05. The average molecular weight is 282 g/mol. The van der Waals surface area contributed by atoms with Crippen molar-refractivity contribution in [2.45, 2.75) is 38.3 Å². The molecule has 1 saturated heterocycles. The maximum absolute atomic E-state index is 14.2. The molecule has 0 aromatic heterocycles. The van der Waals surface area contributed by atoms with Crippen molar-refractivity contribution >= 4 is 11.4 Å². The fourth-order valence-electron chi connectivity index (χ4n) is 2.61. The van der Waals surface area contributed by atoms with Crippen LogP contribution in [0.1, 0.15) is 26.2 Å². The molecule has 0 aliphatic carbocycles. The van der Waals surface area contributed by atoms with Crippen LogP contribution in [0.25, 0.3) is 0 Å². The number of hydrogen-bond acceptors (Lipinski definition) is 4. The van der Waals surface area contributed by atoms with Gasteiger partial charge in [0.2, 0.25) is 0 Å². The summed E-state index contributed by atoms with van der Waals surface area (Å²) in [6.45, 7) is 2.92. The lowest BCUT2D eigenvalue weighted by Crippen LogP contribution is -2.37. The number of halogens is 1. The molecule has 20 heavy (non-hydrogen) atoms. The zero-order valence-corrected chi connectivity index (χ0v) is 11.8. The molecule has 2 atom stereocenters. The minimum atomic E-state index is -0.833. The smallest absolute Gasteiger partial charge is 0.148 e. The van der Waals surface area contributed by atoms with Crippen LogP contribution in [-0.2, 0) is 0 Å². The average Bonchev–Trinajstić information content (AvgIpc) is 2.46. The van der Waals surface area contributed by atoms with Crippen LogP contribution in [-0.4, -0.2) is 42.1 Å². The summed E-state index contributed by atoms with van der Waals surface area (Å²) < 4.78 is 14.2. The molecule has 0 spiro atoms. The highest BCUT2D eigenvalue weighted by Gasteiger charge is 2.21. The monoisotopic (exact) mass is 282 g/mol. The van der Waals surface area contributed by atoms with E-state index in [-0.39, 0.29) is 19.0 Å². The molecule has 112 valence electrons. The molecule has 5 heteroatoms. The van der Waals surface area contributed by atoms with Crippen LogP contribution >= 0.6 is 0 Å². The van der Waals surface area contributed by atoms with Gasteiger partial charge in [-0.3, -0.25) is 0 Å². The molecule has 1 aliphatic rings. The number of hydrogen-bond donors (Lipinski definition) is 3. The van der Waals surface area contributed by atoms with Gasteiger partial charge in [-0.1, -0.05) is 0 Å². The van der Waals surface area contributed by atoms with Crippen molar-refractivity contribution in [1.82, 2.24) is 0 Å².